The van der Waals surface area contributed by atoms with Crippen LogP contribution in [0.3, 0.4) is 0 Å². The quantitative estimate of drug-likeness (QED) is 0.837. The summed E-state index contributed by atoms with van der Waals surface area (Å²) in [5, 5.41) is 2.78. The monoisotopic (exact) mass is 272 g/mol. The highest BCUT2D eigenvalue weighted by Crippen LogP contribution is 2.17. The van der Waals surface area contributed by atoms with E-state index in [1.807, 2.05) is 32.0 Å². The molecule has 0 aliphatic heterocycles. The Morgan fingerprint density at radius 2 is 2.17 bits per heavy atom. The maximum absolute atomic E-state index is 11.7. The standard InChI is InChI=1S/C13H20N2O2.ClH/c1-3-6-12(14)13(16)15-10-7-5-8-11(9-10)17-4-2;/h5,7-9,12H,3-4,6,14H2,1-2H3,(H,15,16);1H. The van der Waals surface area contributed by atoms with Gasteiger partial charge in [0.05, 0.1) is 12.6 Å². The molecule has 1 aromatic rings. The number of nitrogens with one attached hydrogen (secondary N) is 1. The van der Waals surface area contributed by atoms with Crippen LogP contribution in [0.5, 0.6) is 5.75 Å². The average Bonchev–Trinajstić information content (AvgIpc) is 2.30. The number of rotatable bonds is 6. The van der Waals surface area contributed by atoms with Gasteiger partial charge in [0.15, 0.2) is 0 Å². The highest BCUT2D eigenvalue weighted by Gasteiger charge is 2.12. The Morgan fingerprint density at radius 1 is 1.44 bits per heavy atom. The van der Waals surface area contributed by atoms with E-state index in [2.05, 4.69) is 5.32 Å². The number of carbonyl (C=O) groups excluding carboxylic acids is 1. The lowest BCUT2D eigenvalue weighted by Gasteiger charge is -2.12. The number of halogens is 1. The predicted molar refractivity (Wildman–Crippen MR) is 76.4 cm³/mol. The highest BCUT2D eigenvalue weighted by atomic mass is 35.5. The minimum Gasteiger partial charge on any atom is -0.494 e. The van der Waals surface area contributed by atoms with E-state index in [9.17, 15) is 4.79 Å². The van der Waals surface area contributed by atoms with E-state index in [-0.39, 0.29) is 18.3 Å². The molecule has 0 heterocycles. The number of amides is 1. The van der Waals surface area contributed by atoms with Gasteiger partial charge in [-0.2, -0.15) is 0 Å². The Hall–Kier alpha value is -1.26. The van der Waals surface area contributed by atoms with Gasteiger partial charge in [0.25, 0.3) is 0 Å². The lowest BCUT2D eigenvalue weighted by molar-refractivity contribution is -0.117. The summed E-state index contributed by atoms with van der Waals surface area (Å²) >= 11 is 0. The van der Waals surface area contributed by atoms with Crippen molar-refractivity contribution >= 4 is 24.0 Å². The Morgan fingerprint density at radius 3 is 2.78 bits per heavy atom. The van der Waals surface area contributed by atoms with Gasteiger partial charge in [-0.1, -0.05) is 19.4 Å². The molecule has 0 saturated carbocycles. The molecule has 102 valence electrons. The number of benzene rings is 1. The molecule has 1 rings (SSSR count). The zero-order valence-corrected chi connectivity index (χ0v) is 11.6. The summed E-state index contributed by atoms with van der Waals surface area (Å²) < 4.78 is 5.35. The molecule has 4 nitrogen and oxygen atoms in total. The van der Waals surface area contributed by atoms with Crippen LogP contribution in [0.2, 0.25) is 0 Å². The molecule has 1 atom stereocenters. The summed E-state index contributed by atoms with van der Waals surface area (Å²) in [6.45, 7) is 4.53. The van der Waals surface area contributed by atoms with Crippen molar-refractivity contribution in [3.8, 4) is 5.75 Å². The molecular weight excluding hydrogens is 252 g/mol. The maximum atomic E-state index is 11.7. The van der Waals surface area contributed by atoms with Gasteiger partial charge in [0.2, 0.25) is 5.91 Å². The second-order valence-corrected chi connectivity index (χ2v) is 3.85. The van der Waals surface area contributed by atoms with Gasteiger partial charge < -0.3 is 15.8 Å². The molecule has 0 radical (unpaired) electrons. The molecule has 0 saturated heterocycles. The van der Waals surface area contributed by atoms with Gasteiger partial charge in [-0.05, 0) is 25.5 Å². The fourth-order valence-electron chi connectivity index (χ4n) is 1.51. The Kier molecular flexibility index (Phi) is 8.16. The number of carbonyl (C=O) groups is 1. The molecule has 1 amide bonds. The minimum absolute atomic E-state index is 0. The molecule has 3 N–H and O–H groups in total. The normalized spacial score (nSPS) is 11.3. The van der Waals surface area contributed by atoms with E-state index in [1.165, 1.54) is 0 Å². The highest BCUT2D eigenvalue weighted by molar-refractivity contribution is 5.94. The summed E-state index contributed by atoms with van der Waals surface area (Å²) in [7, 11) is 0. The first kappa shape index (κ1) is 16.7. The van der Waals surface area contributed by atoms with Crippen LogP contribution >= 0.6 is 12.4 Å². The van der Waals surface area contributed by atoms with Crippen LogP contribution in [0.1, 0.15) is 26.7 Å². The first-order valence-electron chi connectivity index (χ1n) is 5.96. The van der Waals surface area contributed by atoms with Crippen LogP contribution in [-0.2, 0) is 4.79 Å². The van der Waals surface area contributed by atoms with Crippen LogP contribution in [0.15, 0.2) is 24.3 Å². The number of nitrogens with two attached hydrogens (primary N) is 1. The molecule has 18 heavy (non-hydrogen) atoms. The topological polar surface area (TPSA) is 64.4 Å². The van der Waals surface area contributed by atoms with Crippen LogP contribution in [-0.4, -0.2) is 18.6 Å². The van der Waals surface area contributed by atoms with Crippen molar-refractivity contribution in [1.29, 1.82) is 0 Å². The van der Waals surface area contributed by atoms with Crippen molar-refractivity contribution in [3.63, 3.8) is 0 Å². The molecule has 0 aromatic heterocycles. The summed E-state index contributed by atoms with van der Waals surface area (Å²) in [5.74, 6) is 0.592. The lowest BCUT2D eigenvalue weighted by atomic mass is 10.1. The first-order valence-corrected chi connectivity index (χ1v) is 5.96. The zero-order valence-electron chi connectivity index (χ0n) is 10.8. The Bertz CT molecular complexity index is 372. The third kappa shape index (κ3) is 5.38. The largest absolute Gasteiger partial charge is 0.494 e. The molecule has 0 aliphatic rings. The van der Waals surface area contributed by atoms with Crippen LogP contribution in [0, 0.1) is 0 Å². The van der Waals surface area contributed by atoms with Crippen molar-refractivity contribution in [2.45, 2.75) is 32.7 Å². The third-order valence-corrected chi connectivity index (χ3v) is 2.35. The fourth-order valence-corrected chi connectivity index (χ4v) is 1.51. The van der Waals surface area contributed by atoms with E-state index >= 15 is 0 Å². The van der Waals surface area contributed by atoms with Crippen LogP contribution in [0.4, 0.5) is 5.69 Å². The van der Waals surface area contributed by atoms with E-state index in [4.69, 9.17) is 10.5 Å². The Labute approximate surface area is 114 Å². The molecule has 1 aromatic carbocycles. The minimum atomic E-state index is -0.448. The molecule has 1 unspecified atom stereocenters. The van der Waals surface area contributed by atoms with E-state index in [0.717, 1.165) is 12.2 Å². The first-order chi connectivity index (χ1) is 8.17. The zero-order chi connectivity index (χ0) is 12.7. The van der Waals surface area contributed by atoms with Gasteiger partial charge in [-0.3, -0.25) is 4.79 Å². The number of hydrogen-bond acceptors (Lipinski definition) is 3. The van der Waals surface area contributed by atoms with Crippen molar-refractivity contribution in [2.75, 3.05) is 11.9 Å². The van der Waals surface area contributed by atoms with Gasteiger partial charge in [-0.25, -0.2) is 0 Å². The van der Waals surface area contributed by atoms with Crippen LogP contribution in [0.25, 0.3) is 0 Å². The average molecular weight is 273 g/mol. The van der Waals surface area contributed by atoms with Gasteiger partial charge >= 0.3 is 0 Å². The van der Waals surface area contributed by atoms with E-state index < -0.39 is 6.04 Å². The van der Waals surface area contributed by atoms with Crippen molar-refractivity contribution in [2.24, 2.45) is 5.73 Å². The summed E-state index contributed by atoms with van der Waals surface area (Å²) in [5.41, 5.74) is 6.44. The molecule has 5 heteroatoms. The van der Waals surface area contributed by atoms with Gasteiger partial charge in [0, 0.05) is 11.8 Å². The second kappa shape index (κ2) is 8.78. The molecule has 0 spiro atoms. The predicted octanol–water partition coefficient (Wildman–Crippen LogP) is 2.57. The van der Waals surface area contributed by atoms with Crippen molar-refractivity contribution in [1.82, 2.24) is 0 Å². The van der Waals surface area contributed by atoms with Crippen molar-refractivity contribution < 1.29 is 9.53 Å². The van der Waals surface area contributed by atoms with Gasteiger partial charge in [-0.15, -0.1) is 12.4 Å². The van der Waals surface area contributed by atoms with Crippen molar-refractivity contribution in [3.05, 3.63) is 24.3 Å². The number of hydrogen-bond donors (Lipinski definition) is 2. The second-order valence-electron chi connectivity index (χ2n) is 3.85. The van der Waals surface area contributed by atoms with E-state index in [1.54, 1.807) is 6.07 Å². The summed E-state index contributed by atoms with van der Waals surface area (Å²) in [6, 6.07) is 6.85. The molecule has 0 fully saturated rings. The third-order valence-electron chi connectivity index (χ3n) is 2.35. The fraction of sp³-hybridized carbons (Fsp3) is 0.462. The SMILES string of the molecule is CCCC(N)C(=O)Nc1cccc(OCC)c1.Cl. The van der Waals surface area contributed by atoms with E-state index in [0.29, 0.717) is 18.7 Å². The molecule has 0 aliphatic carbocycles. The smallest absolute Gasteiger partial charge is 0.241 e. The summed E-state index contributed by atoms with van der Waals surface area (Å²) in [4.78, 5) is 11.7. The molecular formula is C13H21ClN2O2. The number of anilines is 1. The maximum Gasteiger partial charge on any atom is 0.241 e. The lowest BCUT2D eigenvalue weighted by Crippen LogP contribution is -2.35. The Balaban J connectivity index is 0.00000289. The summed E-state index contributed by atoms with van der Waals surface area (Å²) in [6.07, 6.45) is 1.59. The van der Waals surface area contributed by atoms with Crippen LogP contribution < -0.4 is 15.8 Å². The van der Waals surface area contributed by atoms with Gasteiger partial charge in [0.1, 0.15) is 5.75 Å². The number of ether oxygens (including phenoxy) is 1. The molecule has 0 bridgehead atoms.